The Morgan fingerprint density at radius 3 is 2.57 bits per heavy atom. The average Bonchev–Trinajstić information content (AvgIpc) is 2.54. The molecule has 0 unspecified atom stereocenters. The summed E-state index contributed by atoms with van der Waals surface area (Å²) in [6.07, 6.45) is 3.78. The number of sulfonamides is 1. The second-order valence-electron chi connectivity index (χ2n) is 4.76. The summed E-state index contributed by atoms with van der Waals surface area (Å²) in [6.45, 7) is 0.112. The van der Waals surface area contributed by atoms with Crippen LogP contribution in [-0.4, -0.2) is 20.6 Å². The fourth-order valence-corrected chi connectivity index (χ4v) is 2.83. The summed E-state index contributed by atoms with van der Waals surface area (Å²) < 4.78 is 25.4. The number of nitrogens with one attached hydrogen (secondary N) is 2. The van der Waals surface area contributed by atoms with Crippen LogP contribution in [0.1, 0.15) is 15.9 Å². The van der Waals surface area contributed by atoms with Crippen molar-refractivity contribution in [2.45, 2.75) is 12.3 Å². The quantitative estimate of drug-likeness (QED) is 0.421. The minimum Gasteiger partial charge on any atom is -0.296 e. The molecule has 0 atom stereocenters. The molecule has 2 rings (SSSR count). The Morgan fingerprint density at radius 2 is 1.87 bits per heavy atom. The van der Waals surface area contributed by atoms with Gasteiger partial charge in [0.1, 0.15) is 5.56 Å². The van der Waals surface area contributed by atoms with Crippen molar-refractivity contribution in [3.05, 3.63) is 66.0 Å². The molecule has 0 radical (unpaired) electrons. The van der Waals surface area contributed by atoms with E-state index in [2.05, 4.69) is 10.3 Å². The SMILES string of the molecule is O=CC[n+]1cccc(C(=O)NNS(=O)(=O)Cc2ccccc2)c1. The molecule has 0 fully saturated rings. The first-order valence-corrected chi connectivity index (χ1v) is 8.42. The Morgan fingerprint density at radius 1 is 1.13 bits per heavy atom. The van der Waals surface area contributed by atoms with Gasteiger partial charge in [-0.15, -0.1) is 4.83 Å². The number of amides is 1. The van der Waals surface area contributed by atoms with Gasteiger partial charge in [0.2, 0.25) is 16.6 Å². The van der Waals surface area contributed by atoms with Gasteiger partial charge in [0, 0.05) is 6.07 Å². The van der Waals surface area contributed by atoms with Crippen LogP contribution in [0.3, 0.4) is 0 Å². The van der Waals surface area contributed by atoms with E-state index < -0.39 is 15.9 Å². The number of hydrazine groups is 1. The Bertz CT molecular complexity index is 791. The van der Waals surface area contributed by atoms with E-state index >= 15 is 0 Å². The Balaban J connectivity index is 1.98. The molecular weight excluding hydrogens is 318 g/mol. The number of benzene rings is 1. The van der Waals surface area contributed by atoms with Crippen LogP contribution in [0.4, 0.5) is 0 Å². The maximum Gasteiger partial charge on any atom is 0.272 e. The minimum atomic E-state index is -3.70. The third-order valence-electron chi connectivity index (χ3n) is 2.93. The number of nitrogens with zero attached hydrogens (tertiary/aromatic N) is 1. The number of rotatable bonds is 7. The molecule has 2 aromatic rings. The van der Waals surface area contributed by atoms with E-state index in [9.17, 15) is 18.0 Å². The summed E-state index contributed by atoms with van der Waals surface area (Å²) in [4.78, 5) is 24.5. The van der Waals surface area contributed by atoms with Gasteiger partial charge >= 0.3 is 0 Å². The topological polar surface area (TPSA) is 96.2 Å². The van der Waals surface area contributed by atoms with Crippen LogP contribution in [0.25, 0.3) is 0 Å². The largest absolute Gasteiger partial charge is 0.296 e. The van der Waals surface area contributed by atoms with Crippen molar-refractivity contribution in [3.8, 4) is 0 Å². The molecule has 120 valence electrons. The summed E-state index contributed by atoms with van der Waals surface area (Å²) in [5.74, 6) is -0.851. The minimum absolute atomic E-state index is 0.112. The molecule has 0 spiro atoms. The monoisotopic (exact) mass is 334 g/mol. The molecule has 1 aromatic heterocycles. The van der Waals surface area contributed by atoms with Crippen molar-refractivity contribution in [3.63, 3.8) is 0 Å². The molecule has 2 N–H and O–H groups in total. The lowest BCUT2D eigenvalue weighted by Gasteiger charge is -2.08. The van der Waals surface area contributed by atoms with Gasteiger partial charge in [-0.1, -0.05) is 30.3 Å². The summed E-state index contributed by atoms with van der Waals surface area (Å²) >= 11 is 0. The maximum absolute atomic E-state index is 12.0. The number of hydrogen-bond donors (Lipinski definition) is 2. The van der Waals surface area contributed by atoms with Gasteiger partial charge in [-0.2, -0.15) is 4.57 Å². The number of carbonyl (C=O) groups excluding carboxylic acids is 2. The van der Waals surface area contributed by atoms with Gasteiger partial charge in [-0.3, -0.25) is 15.0 Å². The van der Waals surface area contributed by atoms with E-state index in [1.807, 2.05) is 0 Å². The van der Waals surface area contributed by atoms with Gasteiger partial charge in [-0.25, -0.2) is 8.42 Å². The van der Waals surface area contributed by atoms with Crippen LogP contribution in [-0.2, 0) is 27.1 Å². The predicted molar refractivity (Wildman–Crippen MR) is 82.4 cm³/mol. The zero-order valence-electron chi connectivity index (χ0n) is 12.2. The van der Waals surface area contributed by atoms with Gasteiger partial charge < -0.3 is 0 Å². The van der Waals surface area contributed by atoms with Crippen LogP contribution in [0.5, 0.6) is 0 Å². The van der Waals surface area contributed by atoms with Crippen LogP contribution in [0.15, 0.2) is 54.9 Å². The molecule has 1 amide bonds. The lowest BCUT2D eigenvalue weighted by molar-refractivity contribution is -0.683. The first-order chi connectivity index (χ1) is 11.0. The fraction of sp³-hybridized carbons (Fsp3) is 0.133. The average molecular weight is 334 g/mol. The van der Waals surface area contributed by atoms with Gasteiger partial charge in [0.05, 0.1) is 5.75 Å². The molecule has 0 aliphatic rings. The molecule has 0 saturated carbocycles. The molecule has 0 saturated heterocycles. The number of carbonyl (C=O) groups is 2. The maximum atomic E-state index is 12.0. The van der Waals surface area contributed by atoms with Crippen LogP contribution in [0.2, 0.25) is 0 Å². The molecule has 7 nitrogen and oxygen atoms in total. The molecule has 1 heterocycles. The smallest absolute Gasteiger partial charge is 0.272 e. The van der Waals surface area contributed by atoms with Gasteiger partial charge in [0.25, 0.3) is 5.91 Å². The highest BCUT2D eigenvalue weighted by Gasteiger charge is 2.15. The zero-order chi connectivity index (χ0) is 16.7. The highest BCUT2D eigenvalue weighted by atomic mass is 32.2. The lowest BCUT2D eigenvalue weighted by Crippen LogP contribution is -2.43. The third kappa shape index (κ3) is 5.28. The van der Waals surface area contributed by atoms with Crippen LogP contribution in [0, 0.1) is 0 Å². The normalized spacial score (nSPS) is 11.0. The first-order valence-electron chi connectivity index (χ1n) is 6.77. The molecule has 0 aliphatic heterocycles. The number of pyridine rings is 1. The van der Waals surface area contributed by atoms with E-state index in [0.717, 1.165) is 0 Å². The van der Waals surface area contributed by atoms with Crippen molar-refractivity contribution < 1.29 is 22.6 Å². The second-order valence-corrected chi connectivity index (χ2v) is 6.48. The van der Waals surface area contributed by atoms with E-state index in [-0.39, 0.29) is 17.9 Å². The standard InChI is InChI=1S/C15H15N3O4S/c19-10-9-18-8-4-7-14(11-18)15(20)16-17-23(21,22)12-13-5-2-1-3-6-13/h1-8,10-11,17H,9,12H2/p+1. The number of aldehydes is 1. The zero-order valence-corrected chi connectivity index (χ0v) is 13.0. The van der Waals surface area contributed by atoms with E-state index in [1.165, 1.54) is 16.8 Å². The Labute approximate surface area is 134 Å². The molecule has 0 aliphatic carbocycles. The van der Waals surface area contributed by atoms with E-state index in [4.69, 9.17) is 0 Å². The Hall–Kier alpha value is -2.58. The van der Waals surface area contributed by atoms with Crippen LogP contribution >= 0.6 is 0 Å². The fourth-order valence-electron chi connectivity index (χ4n) is 1.88. The van der Waals surface area contributed by atoms with Crippen LogP contribution < -0.4 is 14.8 Å². The molecule has 0 bridgehead atoms. The Kier molecular flexibility index (Phi) is 5.56. The van der Waals surface area contributed by atoms with E-state index in [0.29, 0.717) is 11.8 Å². The number of hydrogen-bond acceptors (Lipinski definition) is 4. The highest BCUT2D eigenvalue weighted by molar-refractivity contribution is 7.88. The first kappa shape index (κ1) is 16.8. The van der Waals surface area contributed by atoms with Crippen molar-refractivity contribution in [1.82, 2.24) is 10.3 Å². The molecular formula is C15H16N3O4S+. The molecule has 23 heavy (non-hydrogen) atoms. The summed E-state index contributed by atoms with van der Waals surface area (Å²) in [5, 5.41) is 0. The highest BCUT2D eigenvalue weighted by Crippen LogP contribution is 2.03. The summed E-state index contributed by atoms with van der Waals surface area (Å²) in [5.41, 5.74) is 2.99. The van der Waals surface area contributed by atoms with Gasteiger partial charge in [0.15, 0.2) is 18.7 Å². The lowest BCUT2D eigenvalue weighted by atomic mass is 10.2. The summed E-state index contributed by atoms with van der Waals surface area (Å²) in [7, 11) is -3.70. The summed E-state index contributed by atoms with van der Waals surface area (Å²) in [6, 6.07) is 11.7. The third-order valence-corrected chi connectivity index (χ3v) is 4.05. The van der Waals surface area contributed by atoms with Gasteiger partial charge in [-0.05, 0) is 11.6 Å². The predicted octanol–water partition coefficient (Wildman–Crippen LogP) is -0.0626. The van der Waals surface area contributed by atoms with E-state index in [1.54, 1.807) is 42.6 Å². The molecule has 8 heteroatoms. The van der Waals surface area contributed by atoms with Crippen molar-refractivity contribution in [2.24, 2.45) is 0 Å². The van der Waals surface area contributed by atoms with Crippen molar-refractivity contribution >= 4 is 22.2 Å². The van der Waals surface area contributed by atoms with Crippen molar-refractivity contribution in [2.75, 3.05) is 0 Å². The van der Waals surface area contributed by atoms with Crippen molar-refractivity contribution in [1.29, 1.82) is 0 Å². The number of aromatic nitrogens is 1. The molecule has 1 aromatic carbocycles. The second kappa shape index (κ2) is 7.61.